The molecule has 1 saturated carbocycles. The molecule has 1 N–H and O–H groups in total. The first-order valence-electron chi connectivity index (χ1n) is 4.39. The molecule has 1 aliphatic carbocycles. The van der Waals surface area contributed by atoms with E-state index in [1.807, 2.05) is 6.92 Å². The normalized spacial score (nSPS) is 33.2. The van der Waals surface area contributed by atoms with Crippen molar-refractivity contribution in [3.8, 4) is 6.07 Å². The van der Waals surface area contributed by atoms with Gasteiger partial charge >= 0.3 is 0 Å². The molecule has 0 bridgehead atoms. The van der Waals surface area contributed by atoms with E-state index in [9.17, 15) is 0 Å². The van der Waals surface area contributed by atoms with E-state index >= 15 is 0 Å². The van der Waals surface area contributed by atoms with Crippen LogP contribution >= 0.6 is 0 Å². The number of nitriles is 1. The van der Waals surface area contributed by atoms with Gasteiger partial charge in [-0.05, 0) is 25.7 Å². The fraction of sp³-hybridized carbons (Fsp3) is 0.889. The number of nitrogens with zero attached hydrogens (tertiary/aromatic N) is 1. The van der Waals surface area contributed by atoms with Gasteiger partial charge in [-0.1, -0.05) is 13.3 Å². The zero-order chi connectivity index (χ0) is 8.27. The molecule has 0 aliphatic heterocycles. The van der Waals surface area contributed by atoms with Crippen LogP contribution in [0.5, 0.6) is 0 Å². The Balaban J connectivity index is 2.32. The monoisotopic (exact) mass is 152 g/mol. The van der Waals surface area contributed by atoms with Crippen LogP contribution in [0.3, 0.4) is 0 Å². The Morgan fingerprint density at radius 2 is 2.27 bits per heavy atom. The lowest BCUT2D eigenvalue weighted by molar-refractivity contribution is 0.412. The largest absolute Gasteiger partial charge is 0.299 e. The van der Waals surface area contributed by atoms with Crippen molar-refractivity contribution in [1.29, 1.82) is 5.26 Å². The van der Waals surface area contributed by atoms with Gasteiger partial charge in [0, 0.05) is 6.04 Å². The van der Waals surface area contributed by atoms with Crippen LogP contribution in [0.1, 0.15) is 33.1 Å². The Hall–Kier alpha value is -0.550. The number of nitrogens with one attached hydrogen (secondary N) is 1. The average molecular weight is 152 g/mol. The lowest BCUT2D eigenvalue weighted by Gasteiger charge is -2.18. The minimum atomic E-state index is 0.0144. The first-order chi connectivity index (χ1) is 5.24. The highest BCUT2D eigenvalue weighted by molar-refractivity contribution is 4.91. The van der Waals surface area contributed by atoms with Crippen LogP contribution < -0.4 is 5.32 Å². The van der Waals surface area contributed by atoms with Crippen LogP contribution in [0, 0.1) is 17.2 Å². The highest BCUT2D eigenvalue weighted by Gasteiger charge is 2.23. The van der Waals surface area contributed by atoms with Crippen LogP contribution in [-0.2, 0) is 0 Å². The molecule has 0 spiro atoms. The van der Waals surface area contributed by atoms with Crippen molar-refractivity contribution < 1.29 is 0 Å². The van der Waals surface area contributed by atoms with Crippen molar-refractivity contribution in [2.45, 2.75) is 45.2 Å². The summed E-state index contributed by atoms with van der Waals surface area (Å²) in [6.45, 7) is 4.18. The van der Waals surface area contributed by atoms with Gasteiger partial charge in [-0.25, -0.2) is 0 Å². The molecule has 2 heteroatoms. The molecule has 0 saturated heterocycles. The van der Waals surface area contributed by atoms with Crippen molar-refractivity contribution in [1.82, 2.24) is 5.32 Å². The number of hydrogen-bond acceptors (Lipinski definition) is 2. The zero-order valence-electron chi connectivity index (χ0n) is 7.30. The second-order valence-corrected chi connectivity index (χ2v) is 3.53. The summed E-state index contributed by atoms with van der Waals surface area (Å²) >= 11 is 0. The summed E-state index contributed by atoms with van der Waals surface area (Å²) in [5.74, 6) is 0.755. The van der Waals surface area contributed by atoms with Crippen molar-refractivity contribution in [3.05, 3.63) is 0 Å². The van der Waals surface area contributed by atoms with Crippen LogP contribution in [0.4, 0.5) is 0 Å². The third-order valence-electron chi connectivity index (χ3n) is 2.52. The first-order valence-corrected chi connectivity index (χ1v) is 4.39. The Morgan fingerprint density at radius 3 is 2.73 bits per heavy atom. The zero-order valence-corrected chi connectivity index (χ0v) is 7.30. The summed E-state index contributed by atoms with van der Waals surface area (Å²) < 4.78 is 0. The summed E-state index contributed by atoms with van der Waals surface area (Å²) in [7, 11) is 0. The molecule has 0 aromatic heterocycles. The molecule has 1 aliphatic rings. The van der Waals surface area contributed by atoms with Gasteiger partial charge in [-0.3, -0.25) is 5.32 Å². The third kappa shape index (κ3) is 2.20. The minimum Gasteiger partial charge on any atom is -0.299 e. The first kappa shape index (κ1) is 8.55. The molecule has 0 radical (unpaired) electrons. The maximum atomic E-state index is 8.57. The second kappa shape index (κ2) is 3.73. The third-order valence-corrected chi connectivity index (χ3v) is 2.52. The highest BCUT2D eigenvalue weighted by atomic mass is 15.0. The van der Waals surface area contributed by atoms with Gasteiger partial charge in [0.25, 0.3) is 0 Å². The fourth-order valence-corrected chi connectivity index (χ4v) is 1.75. The number of rotatable bonds is 2. The van der Waals surface area contributed by atoms with Gasteiger partial charge in [0.2, 0.25) is 0 Å². The molecule has 11 heavy (non-hydrogen) atoms. The molecule has 0 amide bonds. The van der Waals surface area contributed by atoms with Crippen LogP contribution in [0.25, 0.3) is 0 Å². The fourth-order valence-electron chi connectivity index (χ4n) is 1.75. The predicted molar refractivity (Wildman–Crippen MR) is 45.0 cm³/mol. The molecule has 62 valence electrons. The van der Waals surface area contributed by atoms with Crippen molar-refractivity contribution in [2.24, 2.45) is 5.92 Å². The summed E-state index contributed by atoms with van der Waals surface area (Å²) in [5, 5.41) is 11.9. The van der Waals surface area contributed by atoms with E-state index in [1.165, 1.54) is 19.3 Å². The van der Waals surface area contributed by atoms with Gasteiger partial charge in [0.1, 0.15) is 0 Å². The molecule has 0 aromatic carbocycles. The predicted octanol–water partition coefficient (Wildman–Crippen LogP) is 1.68. The average Bonchev–Trinajstić information content (AvgIpc) is 2.37. The van der Waals surface area contributed by atoms with Gasteiger partial charge < -0.3 is 0 Å². The van der Waals surface area contributed by atoms with E-state index in [4.69, 9.17) is 5.26 Å². The second-order valence-electron chi connectivity index (χ2n) is 3.53. The van der Waals surface area contributed by atoms with E-state index in [1.54, 1.807) is 0 Å². The van der Waals surface area contributed by atoms with Gasteiger partial charge in [-0.2, -0.15) is 5.26 Å². The molecule has 3 unspecified atom stereocenters. The minimum absolute atomic E-state index is 0.0144. The van der Waals surface area contributed by atoms with Gasteiger partial charge in [-0.15, -0.1) is 0 Å². The number of hydrogen-bond donors (Lipinski definition) is 1. The van der Waals surface area contributed by atoms with E-state index in [2.05, 4.69) is 18.3 Å². The van der Waals surface area contributed by atoms with E-state index in [-0.39, 0.29) is 6.04 Å². The Bertz CT molecular complexity index is 159. The lowest BCUT2D eigenvalue weighted by Crippen LogP contribution is -2.37. The summed E-state index contributed by atoms with van der Waals surface area (Å²) in [5.41, 5.74) is 0. The van der Waals surface area contributed by atoms with Gasteiger partial charge in [0.15, 0.2) is 0 Å². The summed E-state index contributed by atoms with van der Waals surface area (Å²) in [4.78, 5) is 0. The Labute approximate surface area is 68.6 Å². The smallest absolute Gasteiger partial charge is 0.0926 e. The van der Waals surface area contributed by atoms with E-state index in [0.29, 0.717) is 6.04 Å². The molecule has 1 fully saturated rings. The molecule has 0 aromatic rings. The Kier molecular flexibility index (Phi) is 2.90. The summed E-state index contributed by atoms with van der Waals surface area (Å²) in [6.07, 6.45) is 3.87. The molecule has 0 heterocycles. The molecular weight excluding hydrogens is 136 g/mol. The topological polar surface area (TPSA) is 35.8 Å². The molecule has 3 atom stereocenters. The molecule has 2 nitrogen and oxygen atoms in total. The van der Waals surface area contributed by atoms with E-state index < -0.39 is 0 Å². The SMILES string of the molecule is CC(C#N)NC1CCCC1C. The van der Waals surface area contributed by atoms with E-state index in [0.717, 1.165) is 5.92 Å². The lowest BCUT2D eigenvalue weighted by atomic mass is 10.1. The maximum absolute atomic E-state index is 8.57. The van der Waals surface area contributed by atoms with Crippen LogP contribution in [-0.4, -0.2) is 12.1 Å². The van der Waals surface area contributed by atoms with Crippen molar-refractivity contribution >= 4 is 0 Å². The van der Waals surface area contributed by atoms with Crippen molar-refractivity contribution in [3.63, 3.8) is 0 Å². The molecule has 1 rings (SSSR count). The van der Waals surface area contributed by atoms with Crippen LogP contribution in [0.2, 0.25) is 0 Å². The maximum Gasteiger partial charge on any atom is 0.0926 e. The van der Waals surface area contributed by atoms with Crippen LogP contribution in [0.15, 0.2) is 0 Å². The molecular formula is C9H16N2. The highest BCUT2D eigenvalue weighted by Crippen LogP contribution is 2.24. The van der Waals surface area contributed by atoms with Gasteiger partial charge in [0.05, 0.1) is 12.1 Å². The standard InChI is InChI=1S/C9H16N2/c1-7-4-3-5-9(7)11-8(2)6-10/h7-9,11H,3-5H2,1-2H3. The van der Waals surface area contributed by atoms with Crippen molar-refractivity contribution in [2.75, 3.05) is 0 Å². The Morgan fingerprint density at radius 1 is 1.55 bits per heavy atom. The summed E-state index contributed by atoms with van der Waals surface area (Å²) in [6, 6.07) is 2.80. The quantitative estimate of drug-likeness (QED) is 0.653.